The Morgan fingerprint density at radius 1 is 0.431 bits per heavy atom. The fraction of sp³-hybridized carbons (Fsp3) is 0.154. The Hall–Kier alpha value is -6.92. The van der Waals surface area contributed by atoms with Crippen LogP contribution in [0.5, 0.6) is 0 Å². The van der Waals surface area contributed by atoms with Crippen LogP contribution in [0, 0.1) is 0 Å². The molecule has 0 fully saturated rings. The summed E-state index contributed by atoms with van der Waals surface area (Å²) in [7, 11) is 0. The monoisotopic (exact) mass is 756 g/mol. The molecule has 4 atom stereocenters. The van der Waals surface area contributed by atoms with E-state index < -0.39 is 0 Å². The van der Waals surface area contributed by atoms with E-state index in [9.17, 15) is 9.59 Å². The van der Waals surface area contributed by atoms with Crippen LogP contribution >= 0.6 is 0 Å². The maximum absolute atomic E-state index is 12.9. The summed E-state index contributed by atoms with van der Waals surface area (Å²) < 4.78 is 0. The molecule has 0 N–H and O–H groups in total. The van der Waals surface area contributed by atoms with Gasteiger partial charge < -0.3 is 9.80 Å². The third-order valence-electron chi connectivity index (χ3n) is 11.6. The average molecular weight is 757 g/mol. The van der Waals surface area contributed by atoms with Crippen molar-refractivity contribution in [1.29, 1.82) is 0 Å². The van der Waals surface area contributed by atoms with E-state index in [2.05, 4.69) is 84.9 Å². The van der Waals surface area contributed by atoms with Gasteiger partial charge in [-0.25, -0.2) is 0 Å². The Morgan fingerprint density at radius 3 is 1.09 bits per heavy atom. The molecule has 2 aliphatic rings. The molecule has 58 heavy (non-hydrogen) atoms. The van der Waals surface area contributed by atoms with Gasteiger partial charge in [0.2, 0.25) is 11.8 Å². The van der Waals surface area contributed by atoms with Crippen LogP contribution in [0.3, 0.4) is 0 Å². The summed E-state index contributed by atoms with van der Waals surface area (Å²) in [5, 5.41) is 2.21. The highest BCUT2D eigenvalue weighted by molar-refractivity contribution is 5.83. The summed E-state index contributed by atoms with van der Waals surface area (Å²) in [4.78, 5) is 40.0. The summed E-state index contributed by atoms with van der Waals surface area (Å²) in [5.74, 6) is 0.151. The predicted molar refractivity (Wildman–Crippen MR) is 231 cm³/mol. The van der Waals surface area contributed by atoms with Crippen molar-refractivity contribution in [1.82, 2.24) is 19.8 Å². The SMILES string of the molecule is CC(=O)N1[C@@H](c2ccccc2)c2cc3ccccc3nc2C[C@H]1c1ccccc1.CC(=O)N1[C@H](c2ccccc2)c2cc3ccccc3nc2C[C@@H]1c1ccccc1. The first-order valence-corrected chi connectivity index (χ1v) is 20.0. The van der Waals surface area contributed by atoms with Gasteiger partial charge in [-0.15, -0.1) is 0 Å². The molecule has 0 saturated carbocycles. The summed E-state index contributed by atoms with van der Waals surface area (Å²) in [6.45, 7) is 3.34. The molecule has 2 aromatic heterocycles. The fourth-order valence-electron chi connectivity index (χ4n) is 9.03. The smallest absolute Gasteiger partial charge is 0.220 e. The average Bonchev–Trinajstić information content (AvgIpc) is 3.27. The normalized spacial score (nSPS) is 18.4. The van der Waals surface area contributed by atoms with Crippen LogP contribution in [-0.2, 0) is 22.4 Å². The molecule has 10 rings (SSSR count). The van der Waals surface area contributed by atoms with Crippen molar-refractivity contribution < 1.29 is 9.59 Å². The van der Waals surface area contributed by atoms with Crippen LogP contribution in [0.1, 0.15) is 82.8 Å². The summed E-state index contributed by atoms with van der Waals surface area (Å²) >= 11 is 0. The number of nitrogens with zero attached hydrogens (tertiary/aromatic N) is 4. The minimum atomic E-state index is -0.153. The molecular weight excluding hydrogens is 713 g/mol. The zero-order valence-corrected chi connectivity index (χ0v) is 32.6. The van der Waals surface area contributed by atoms with Crippen LogP contribution in [-0.4, -0.2) is 31.6 Å². The van der Waals surface area contributed by atoms with Crippen molar-refractivity contribution in [2.24, 2.45) is 0 Å². The van der Waals surface area contributed by atoms with Crippen molar-refractivity contribution in [3.05, 3.63) is 227 Å². The van der Waals surface area contributed by atoms with Gasteiger partial charge in [0.05, 0.1) is 35.2 Å². The molecule has 284 valence electrons. The second kappa shape index (κ2) is 15.9. The van der Waals surface area contributed by atoms with Crippen molar-refractivity contribution in [3.63, 3.8) is 0 Å². The second-order valence-electron chi connectivity index (χ2n) is 15.2. The Balaban J connectivity index is 0.000000150. The van der Waals surface area contributed by atoms with Crippen LogP contribution in [0.2, 0.25) is 0 Å². The number of rotatable bonds is 4. The first-order valence-electron chi connectivity index (χ1n) is 20.0. The largest absolute Gasteiger partial charge is 0.324 e. The van der Waals surface area contributed by atoms with E-state index in [1.165, 1.54) is 0 Å². The first kappa shape index (κ1) is 36.7. The molecule has 2 aliphatic heterocycles. The minimum absolute atomic E-state index is 0.0416. The minimum Gasteiger partial charge on any atom is -0.324 e. The van der Waals surface area contributed by atoms with Gasteiger partial charge in [-0.2, -0.15) is 0 Å². The van der Waals surface area contributed by atoms with Crippen LogP contribution in [0.4, 0.5) is 0 Å². The van der Waals surface area contributed by atoms with Crippen molar-refractivity contribution in [2.45, 2.75) is 50.9 Å². The molecule has 0 saturated heterocycles. The summed E-state index contributed by atoms with van der Waals surface area (Å²) in [5.41, 5.74) is 10.9. The van der Waals surface area contributed by atoms with E-state index in [-0.39, 0.29) is 36.0 Å². The summed E-state index contributed by atoms with van der Waals surface area (Å²) in [6.07, 6.45) is 1.43. The predicted octanol–water partition coefficient (Wildman–Crippen LogP) is 10.9. The maximum Gasteiger partial charge on any atom is 0.220 e. The molecule has 4 heterocycles. The number of hydrogen-bond donors (Lipinski definition) is 0. The number of para-hydroxylation sites is 2. The Morgan fingerprint density at radius 2 is 0.741 bits per heavy atom. The standard InChI is InChI=1S/2C26H22N2O/c2*1-18(29)28-25(19-10-4-2-5-11-19)17-24-22(26(28)20-12-6-3-7-13-20)16-21-14-8-9-15-23(21)27-24/h2*2-16,25-26H,17H2,1H3/t2*25-,26-/m10/s1. The molecule has 0 radical (unpaired) electrons. The molecule has 6 nitrogen and oxygen atoms in total. The molecule has 0 bridgehead atoms. The van der Waals surface area contributed by atoms with Crippen LogP contribution < -0.4 is 0 Å². The van der Waals surface area contributed by atoms with E-state index in [1.807, 2.05) is 107 Å². The van der Waals surface area contributed by atoms with Crippen LogP contribution in [0.15, 0.2) is 182 Å². The molecule has 0 spiro atoms. The van der Waals surface area contributed by atoms with Crippen molar-refractivity contribution >= 4 is 33.6 Å². The van der Waals surface area contributed by atoms with E-state index in [0.717, 1.165) is 66.6 Å². The molecule has 6 aromatic carbocycles. The van der Waals surface area contributed by atoms with Crippen LogP contribution in [0.25, 0.3) is 21.8 Å². The fourth-order valence-corrected chi connectivity index (χ4v) is 9.03. The number of carbonyl (C=O) groups is 2. The number of fused-ring (bicyclic) bond motifs is 4. The van der Waals surface area contributed by atoms with Crippen molar-refractivity contribution in [3.8, 4) is 0 Å². The number of aromatic nitrogens is 2. The van der Waals surface area contributed by atoms with Gasteiger partial charge in [0.15, 0.2) is 0 Å². The summed E-state index contributed by atoms with van der Waals surface area (Å²) in [6, 6.07) is 61.6. The number of benzene rings is 6. The van der Waals surface area contributed by atoms with Gasteiger partial charge in [-0.3, -0.25) is 19.6 Å². The van der Waals surface area contributed by atoms with E-state index in [1.54, 1.807) is 13.8 Å². The zero-order chi connectivity index (χ0) is 39.6. The Labute approximate surface area is 339 Å². The number of hydrogen-bond acceptors (Lipinski definition) is 4. The van der Waals surface area contributed by atoms with E-state index in [4.69, 9.17) is 9.97 Å². The Kier molecular flexibility index (Phi) is 10.1. The second-order valence-corrected chi connectivity index (χ2v) is 15.2. The van der Waals surface area contributed by atoms with E-state index >= 15 is 0 Å². The lowest BCUT2D eigenvalue weighted by Gasteiger charge is -2.43. The van der Waals surface area contributed by atoms with Gasteiger partial charge >= 0.3 is 0 Å². The molecule has 8 aromatic rings. The first-order chi connectivity index (χ1) is 28.4. The highest BCUT2D eigenvalue weighted by atomic mass is 16.2. The number of pyridine rings is 2. The van der Waals surface area contributed by atoms with Crippen molar-refractivity contribution in [2.75, 3.05) is 0 Å². The maximum atomic E-state index is 12.9. The number of carbonyl (C=O) groups excluding carboxylic acids is 2. The Bertz CT molecular complexity index is 2530. The van der Waals surface area contributed by atoms with Gasteiger partial charge in [-0.1, -0.05) is 158 Å². The molecule has 0 unspecified atom stereocenters. The quantitative estimate of drug-likeness (QED) is 0.179. The number of amides is 2. The lowest BCUT2D eigenvalue weighted by atomic mass is 9.84. The third kappa shape index (κ3) is 7.03. The lowest BCUT2D eigenvalue weighted by Crippen LogP contribution is -2.42. The highest BCUT2D eigenvalue weighted by Gasteiger charge is 2.40. The molecule has 0 aliphatic carbocycles. The third-order valence-corrected chi connectivity index (χ3v) is 11.6. The zero-order valence-electron chi connectivity index (χ0n) is 32.6. The molecule has 2 amide bonds. The van der Waals surface area contributed by atoms with Gasteiger partial charge in [0.25, 0.3) is 0 Å². The van der Waals surface area contributed by atoms with Gasteiger partial charge in [0, 0.05) is 60.0 Å². The van der Waals surface area contributed by atoms with Gasteiger partial charge in [0.1, 0.15) is 0 Å². The molecular formula is C52H44N4O2. The van der Waals surface area contributed by atoms with Gasteiger partial charge in [-0.05, 0) is 46.5 Å². The molecule has 6 heteroatoms. The van der Waals surface area contributed by atoms with E-state index in [0.29, 0.717) is 12.8 Å². The highest BCUT2D eigenvalue weighted by Crippen LogP contribution is 2.45. The lowest BCUT2D eigenvalue weighted by molar-refractivity contribution is -0.134. The topological polar surface area (TPSA) is 66.4 Å².